The Morgan fingerprint density at radius 2 is 1.85 bits per heavy atom. The lowest BCUT2D eigenvalue weighted by Crippen LogP contribution is -2.26. The molecule has 0 bridgehead atoms. The molecule has 0 spiro atoms. The van der Waals surface area contributed by atoms with E-state index >= 15 is 0 Å². The van der Waals surface area contributed by atoms with Crippen molar-refractivity contribution >= 4 is 33.2 Å². The van der Waals surface area contributed by atoms with Gasteiger partial charge in [0.1, 0.15) is 16.7 Å². The molecule has 6 nitrogen and oxygen atoms in total. The lowest BCUT2D eigenvalue weighted by atomic mass is 10.2. The number of aryl methyl sites for hydroxylation is 1. The van der Waals surface area contributed by atoms with E-state index in [2.05, 4.69) is 13.5 Å². The molecular formula is C20H21N5O. The first kappa shape index (κ1) is 16.4. The normalized spacial score (nSPS) is 12.9. The number of nitrogens with zero attached hydrogens (tertiary/aromatic N) is 5. The van der Waals surface area contributed by atoms with Crippen molar-refractivity contribution in [1.82, 2.24) is 24.1 Å². The van der Waals surface area contributed by atoms with Crippen LogP contribution in [-0.4, -0.2) is 24.1 Å². The van der Waals surface area contributed by atoms with Crippen LogP contribution in [0.25, 0.3) is 33.2 Å². The number of para-hydroxylation sites is 2. The fourth-order valence-corrected chi connectivity index (χ4v) is 3.48. The van der Waals surface area contributed by atoms with E-state index in [9.17, 15) is 4.79 Å². The van der Waals surface area contributed by atoms with Crippen molar-refractivity contribution in [3.05, 3.63) is 53.1 Å². The number of allylic oxidation sites excluding steroid dienone is 1. The van der Waals surface area contributed by atoms with E-state index in [0.717, 1.165) is 17.5 Å². The molecule has 0 amide bonds. The number of rotatable bonds is 4. The second-order valence-electron chi connectivity index (χ2n) is 6.57. The molecule has 132 valence electrons. The Balaban J connectivity index is 2.24. The summed E-state index contributed by atoms with van der Waals surface area (Å²) in [6.07, 6.45) is 2.64. The Bertz CT molecular complexity index is 1220. The van der Waals surface area contributed by atoms with Crippen LogP contribution in [-0.2, 0) is 6.54 Å². The van der Waals surface area contributed by atoms with Crippen LogP contribution in [0.2, 0.25) is 0 Å². The quantitative estimate of drug-likeness (QED) is 0.527. The molecule has 0 unspecified atom stereocenters. The first-order chi connectivity index (χ1) is 12.6. The number of fused-ring (bicyclic) bond motifs is 4. The molecule has 0 radical (unpaired) electrons. The predicted octanol–water partition coefficient (Wildman–Crippen LogP) is 3.76. The maximum absolute atomic E-state index is 13.3. The number of hydrogen-bond acceptors (Lipinski definition) is 4. The van der Waals surface area contributed by atoms with Crippen LogP contribution in [0.5, 0.6) is 0 Å². The minimum Gasteiger partial charge on any atom is -0.304 e. The van der Waals surface area contributed by atoms with E-state index < -0.39 is 0 Å². The smallest absolute Gasteiger partial charge is 0.265 e. The summed E-state index contributed by atoms with van der Waals surface area (Å²) < 4.78 is 3.68. The SMILES string of the molecule is C=CCn1c2nc3ccccc3nc2c2c(=O)n([C@H](C)CC)c(C)nc21. The molecule has 4 aromatic rings. The molecule has 0 aliphatic rings. The maximum Gasteiger partial charge on any atom is 0.265 e. The first-order valence-electron chi connectivity index (χ1n) is 8.85. The third kappa shape index (κ3) is 2.25. The van der Waals surface area contributed by atoms with Gasteiger partial charge in [0, 0.05) is 12.6 Å². The largest absolute Gasteiger partial charge is 0.304 e. The van der Waals surface area contributed by atoms with Crippen LogP contribution in [0.3, 0.4) is 0 Å². The molecule has 0 aliphatic heterocycles. The van der Waals surface area contributed by atoms with Crippen molar-refractivity contribution in [2.24, 2.45) is 0 Å². The van der Waals surface area contributed by atoms with Crippen LogP contribution < -0.4 is 5.56 Å². The van der Waals surface area contributed by atoms with Gasteiger partial charge in [-0.1, -0.05) is 25.1 Å². The average Bonchev–Trinajstić information content (AvgIpc) is 2.93. The maximum atomic E-state index is 13.3. The lowest BCUT2D eigenvalue weighted by molar-refractivity contribution is 0.496. The van der Waals surface area contributed by atoms with E-state index in [4.69, 9.17) is 15.0 Å². The monoisotopic (exact) mass is 347 g/mol. The highest BCUT2D eigenvalue weighted by atomic mass is 16.1. The van der Waals surface area contributed by atoms with E-state index in [1.54, 1.807) is 10.6 Å². The summed E-state index contributed by atoms with van der Waals surface area (Å²) in [5.74, 6) is 0.703. The summed E-state index contributed by atoms with van der Waals surface area (Å²) in [4.78, 5) is 27.6. The zero-order chi connectivity index (χ0) is 18.4. The van der Waals surface area contributed by atoms with Gasteiger partial charge in [-0.25, -0.2) is 15.0 Å². The number of aromatic nitrogens is 5. The van der Waals surface area contributed by atoms with Crippen LogP contribution in [0.4, 0.5) is 0 Å². The molecule has 0 aliphatic carbocycles. The third-order valence-electron chi connectivity index (χ3n) is 4.92. The first-order valence-corrected chi connectivity index (χ1v) is 8.85. The fraction of sp³-hybridized carbons (Fsp3) is 0.300. The predicted molar refractivity (Wildman–Crippen MR) is 105 cm³/mol. The molecule has 6 heteroatoms. The molecule has 0 fully saturated rings. The topological polar surface area (TPSA) is 65.6 Å². The minimum atomic E-state index is -0.0563. The van der Waals surface area contributed by atoms with Crippen molar-refractivity contribution in [3.63, 3.8) is 0 Å². The van der Waals surface area contributed by atoms with Gasteiger partial charge in [-0.2, -0.15) is 0 Å². The molecule has 0 saturated carbocycles. The Morgan fingerprint density at radius 3 is 2.50 bits per heavy atom. The van der Waals surface area contributed by atoms with Crippen molar-refractivity contribution in [3.8, 4) is 0 Å². The van der Waals surface area contributed by atoms with Crippen molar-refractivity contribution in [1.29, 1.82) is 0 Å². The summed E-state index contributed by atoms with van der Waals surface area (Å²) in [7, 11) is 0. The summed E-state index contributed by atoms with van der Waals surface area (Å²) in [5.41, 5.74) is 3.41. The van der Waals surface area contributed by atoms with Crippen LogP contribution >= 0.6 is 0 Å². The van der Waals surface area contributed by atoms with Gasteiger partial charge < -0.3 is 4.57 Å². The van der Waals surface area contributed by atoms with E-state index in [-0.39, 0.29) is 11.6 Å². The summed E-state index contributed by atoms with van der Waals surface area (Å²) in [6.45, 7) is 10.3. The van der Waals surface area contributed by atoms with Gasteiger partial charge in [0.25, 0.3) is 5.56 Å². The summed E-state index contributed by atoms with van der Waals surface area (Å²) >= 11 is 0. The highest BCUT2D eigenvalue weighted by Gasteiger charge is 2.21. The van der Waals surface area contributed by atoms with Gasteiger partial charge in [-0.05, 0) is 32.4 Å². The van der Waals surface area contributed by atoms with Crippen molar-refractivity contribution < 1.29 is 0 Å². The second kappa shape index (κ2) is 6.05. The Hall–Kier alpha value is -3.02. The molecule has 0 saturated heterocycles. The Kier molecular flexibility index (Phi) is 3.83. The van der Waals surface area contributed by atoms with Crippen LogP contribution in [0, 0.1) is 6.92 Å². The minimum absolute atomic E-state index is 0.0563. The van der Waals surface area contributed by atoms with Crippen molar-refractivity contribution in [2.75, 3.05) is 0 Å². The van der Waals surface area contributed by atoms with Gasteiger partial charge in [0.05, 0.1) is 11.0 Å². The number of benzene rings is 1. The highest BCUT2D eigenvalue weighted by Crippen LogP contribution is 2.26. The van der Waals surface area contributed by atoms with Gasteiger partial charge in [0.15, 0.2) is 11.3 Å². The van der Waals surface area contributed by atoms with Crippen molar-refractivity contribution in [2.45, 2.75) is 39.8 Å². The molecular weight excluding hydrogens is 326 g/mol. The zero-order valence-electron chi connectivity index (χ0n) is 15.2. The number of hydrogen-bond donors (Lipinski definition) is 0. The molecule has 26 heavy (non-hydrogen) atoms. The summed E-state index contributed by atoms with van der Waals surface area (Å²) in [5, 5.41) is 0.533. The van der Waals surface area contributed by atoms with Gasteiger partial charge in [-0.3, -0.25) is 9.36 Å². The van der Waals surface area contributed by atoms with E-state index in [0.29, 0.717) is 34.6 Å². The Labute approximate surface area is 150 Å². The molecule has 3 heterocycles. The van der Waals surface area contributed by atoms with Gasteiger partial charge >= 0.3 is 0 Å². The average molecular weight is 347 g/mol. The Morgan fingerprint density at radius 1 is 1.15 bits per heavy atom. The highest BCUT2D eigenvalue weighted by molar-refractivity contribution is 6.04. The molecule has 0 N–H and O–H groups in total. The second-order valence-corrected chi connectivity index (χ2v) is 6.57. The fourth-order valence-electron chi connectivity index (χ4n) is 3.48. The molecule has 3 aromatic heterocycles. The standard InChI is InChI=1S/C20H21N5O/c1-5-11-24-18-16(20(26)25(12(3)6-2)13(4)21-18)17-19(24)23-15-10-8-7-9-14(15)22-17/h5,7-10,12H,1,6,11H2,2-4H3/t12-/m1/s1. The van der Waals surface area contributed by atoms with Gasteiger partial charge in [0.2, 0.25) is 0 Å². The zero-order valence-corrected chi connectivity index (χ0v) is 15.2. The summed E-state index contributed by atoms with van der Waals surface area (Å²) in [6, 6.07) is 7.76. The third-order valence-corrected chi connectivity index (χ3v) is 4.92. The van der Waals surface area contributed by atoms with Gasteiger partial charge in [-0.15, -0.1) is 6.58 Å². The van der Waals surface area contributed by atoms with Crippen LogP contribution in [0.1, 0.15) is 32.1 Å². The van der Waals surface area contributed by atoms with E-state index in [1.165, 1.54) is 0 Å². The molecule has 4 rings (SSSR count). The molecule has 1 aromatic carbocycles. The lowest BCUT2D eigenvalue weighted by Gasteiger charge is -2.15. The van der Waals surface area contributed by atoms with Crippen LogP contribution in [0.15, 0.2) is 41.7 Å². The van der Waals surface area contributed by atoms with E-state index in [1.807, 2.05) is 42.7 Å². The molecule has 1 atom stereocenters.